The topological polar surface area (TPSA) is 126 Å². The first-order valence-corrected chi connectivity index (χ1v) is 12.4. The maximum absolute atomic E-state index is 13.2. The molecule has 3 heterocycles. The number of aromatic amines is 1. The summed E-state index contributed by atoms with van der Waals surface area (Å²) in [5.74, 6) is -0.592. The van der Waals surface area contributed by atoms with Gasteiger partial charge in [0.05, 0.1) is 12.1 Å². The molecule has 10 nitrogen and oxygen atoms in total. The largest absolute Gasteiger partial charge is 0.444 e. The van der Waals surface area contributed by atoms with Gasteiger partial charge in [0.15, 0.2) is 0 Å². The molecule has 0 bridgehead atoms. The molecule has 1 aromatic carbocycles. The maximum atomic E-state index is 13.2. The molecule has 2 aliphatic rings. The predicted octanol–water partition coefficient (Wildman–Crippen LogP) is 2.33. The van der Waals surface area contributed by atoms with Crippen LogP contribution in [0.2, 0.25) is 0 Å². The Morgan fingerprint density at radius 2 is 1.84 bits per heavy atom. The number of piperidine rings is 1. The van der Waals surface area contributed by atoms with Gasteiger partial charge in [-0.2, -0.15) is 0 Å². The van der Waals surface area contributed by atoms with Gasteiger partial charge in [0.2, 0.25) is 0 Å². The van der Waals surface area contributed by atoms with Crippen molar-refractivity contribution in [2.45, 2.75) is 39.0 Å². The van der Waals surface area contributed by atoms with Crippen LogP contribution in [-0.2, 0) is 11.3 Å². The summed E-state index contributed by atoms with van der Waals surface area (Å²) >= 11 is 0. The lowest BCUT2D eigenvalue weighted by Crippen LogP contribution is -2.40. The average Bonchev–Trinajstić information content (AvgIpc) is 3.22. The van der Waals surface area contributed by atoms with E-state index >= 15 is 0 Å². The van der Waals surface area contributed by atoms with E-state index < -0.39 is 17.1 Å². The van der Waals surface area contributed by atoms with E-state index in [1.807, 2.05) is 51.2 Å². The number of carbonyl (C=O) groups is 3. The second-order valence-electron chi connectivity index (χ2n) is 10.7. The van der Waals surface area contributed by atoms with E-state index in [1.54, 1.807) is 4.90 Å². The molecule has 3 amide bonds. The van der Waals surface area contributed by atoms with Gasteiger partial charge in [0.1, 0.15) is 11.2 Å². The van der Waals surface area contributed by atoms with Crippen LogP contribution < -0.4 is 16.2 Å². The van der Waals surface area contributed by atoms with E-state index in [1.165, 1.54) is 23.9 Å². The van der Waals surface area contributed by atoms with Gasteiger partial charge in [-0.25, -0.2) is 4.79 Å². The highest BCUT2D eigenvalue weighted by molar-refractivity contribution is 5.99. The zero-order chi connectivity index (χ0) is 26.5. The fourth-order valence-corrected chi connectivity index (χ4v) is 5.10. The maximum Gasteiger partial charge on any atom is 0.410 e. The Hall–Kier alpha value is -4.08. The molecule has 2 fully saturated rings. The Kier molecular flexibility index (Phi) is 6.05. The van der Waals surface area contributed by atoms with E-state index in [0.29, 0.717) is 13.1 Å². The summed E-state index contributed by atoms with van der Waals surface area (Å²) in [7, 11) is 1.45. The fraction of sp³-hybridized carbons (Fsp3) is 0.407. The minimum Gasteiger partial charge on any atom is -0.444 e. The minimum absolute atomic E-state index is 0.0661. The summed E-state index contributed by atoms with van der Waals surface area (Å²) in [6, 6.07) is 8.95. The Labute approximate surface area is 214 Å². The highest BCUT2D eigenvalue weighted by Gasteiger charge is 2.58. The molecule has 0 spiro atoms. The zero-order valence-electron chi connectivity index (χ0n) is 21.3. The van der Waals surface area contributed by atoms with Crippen molar-refractivity contribution in [2.24, 2.45) is 11.8 Å². The number of hydrogen-bond acceptors (Lipinski definition) is 5. The smallest absolute Gasteiger partial charge is 0.410 e. The molecule has 1 aliphatic heterocycles. The second kappa shape index (κ2) is 9.10. The van der Waals surface area contributed by atoms with E-state index in [-0.39, 0.29) is 47.5 Å². The van der Waals surface area contributed by atoms with Crippen LogP contribution in [0.4, 0.5) is 4.79 Å². The highest BCUT2D eigenvalue weighted by atomic mass is 16.6. The summed E-state index contributed by atoms with van der Waals surface area (Å²) in [4.78, 5) is 56.0. The lowest BCUT2D eigenvalue weighted by atomic mass is 10.1. The molecular weight excluding hydrogens is 474 g/mol. The highest BCUT2D eigenvalue weighted by Crippen LogP contribution is 2.45. The van der Waals surface area contributed by atoms with Crippen molar-refractivity contribution in [3.8, 4) is 0 Å². The third-order valence-corrected chi connectivity index (χ3v) is 6.99. The third kappa shape index (κ3) is 4.83. The van der Waals surface area contributed by atoms with Gasteiger partial charge in [0.25, 0.3) is 17.4 Å². The van der Waals surface area contributed by atoms with Crippen LogP contribution in [0.25, 0.3) is 10.9 Å². The Morgan fingerprint density at radius 1 is 1.11 bits per heavy atom. The van der Waals surface area contributed by atoms with Gasteiger partial charge in [-0.1, -0.05) is 12.1 Å². The Balaban J connectivity index is 1.33. The summed E-state index contributed by atoms with van der Waals surface area (Å²) in [6.45, 7) is 6.74. The third-order valence-electron chi connectivity index (χ3n) is 6.99. The number of likely N-dealkylation sites (tertiary alicyclic amines) is 1. The van der Waals surface area contributed by atoms with Crippen LogP contribution in [0.3, 0.4) is 0 Å². The number of benzene rings is 1. The van der Waals surface area contributed by atoms with E-state index in [4.69, 9.17) is 4.74 Å². The van der Waals surface area contributed by atoms with E-state index in [9.17, 15) is 19.2 Å². The number of ether oxygens (including phenoxy) is 1. The molecule has 5 rings (SSSR count). The van der Waals surface area contributed by atoms with E-state index in [2.05, 4.69) is 15.6 Å². The predicted molar refractivity (Wildman–Crippen MR) is 138 cm³/mol. The Bertz CT molecular complexity index is 1440. The van der Waals surface area contributed by atoms with Crippen LogP contribution in [-0.4, -0.2) is 64.1 Å². The normalized spacial score (nSPS) is 20.4. The van der Waals surface area contributed by atoms with Gasteiger partial charge in [-0.05, 0) is 44.5 Å². The quantitative estimate of drug-likeness (QED) is 0.491. The summed E-state index contributed by atoms with van der Waals surface area (Å²) in [5.41, 5.74) is 0.930. The van der Waals surface area contributed by atoms with Crippen molar-refractivity contribution >= 4 is 28.8 Å². The van der Waals surface area contributed by atoms with Gasteiger partial charge in [-0.3, -0.25) is 14.4 Å². The summed E-state index contributed by atoms with van der Waals surface area (Å²) < 4.78 is 6.85. The molecule has 1 aliphatic carbocycles. The van der Waals surface area contributed by atoms with Gasteiger partial charge in [0, 0.05) is 61.3 Å². The van der Waals surface area contributed by atoms with Crippen molar-refractivity contribution in [1.29, 1.82) is 0 Å². The van der Waals surface area contributed by atoms with Gasteiger partial charge < -0.3 is 29.8 Å². The fourth-order valence-electron chi connectivity index (χ4n) is 5.10. The van der Waals surface area contributed by atoms with Crippen molar-refractivity contribution in [1.82, 2.24) is 25.1 Å². The molecule has 0 unspecified atom stereocenters. The Morgan fingerprint density at radius 3 is 2.51 bits per heavy atom. The van der Waals surface area contributed by atoms with Crippen LogP contribution in [0.15, 0.2) is 47.5 Å². The number of H-pyrrole nitrogens is 1. The molecular formula is C27H31N5O5. The molecule has 0 radical (unpaired) electrons. The molecule has 3 N–H and O–H groups in total. The zero-order valence-corrected chi connectivity index (χ0v) is 21.3. The molecule has 194 valence electrons. The first-order chi connectivity index (χ1) is 17.6. The van der Waals surface area contributed by atoms with Crippen molar-refractivity contribution in [3.05, 3.63) is 69.8 Å². The minimum atomic E-state index is -0.560. The first kappa shape index (κ1) is 24.6. The van der Waals surface area contributed by atoms with Crippen LogP contribution in [0.1, 0.15) is 47.1 Å². The number of amides is 3. The number of nitrogens with zero attached hydrogens (tertiary/aromatic N) is 2. The molecule has 10 heteroatoms. The number of carbonyl (C=O) groups excluding carboxylic acids is 3. The van der Waals surface area contributed by atoms with Crippen molar-refractivity contribution in [3.63, 3.8) is 0 Å². The first-order valence-electron chi connectivity index (χ1n) is 12.4. The van der Waals surface area contributed by atoms with Crippen LogP contribution >= 0.6 is 0 Å². The molecule has 1 saturated heterocycles. The standard InChI is InChI=1S/C27H31N5O5/c1-27(2,3)37-26(36)32-13-19-20(14-32)22(19)30-23(33)16-10-18(24(34)28-4)25(35)31(12-16)11-15-6-5-7-21-17(15)8-9-29-21/h5-10,12,19-20,22,29H,11,13-14H2,1-4H3,(H,28,34)(H,30,33)/t19-,20+,22+. The summed E-state index contributed by atoms with van der Waals surface area (Å²) in [6.07, 6.45) is 2.98. The van der Waals surface area contributed by atoms with Gasteiger partial charge in [-0.15, -0.1) is 0 Å². The number of pyridine rings is 1. The van der Waals surface area contributed by atoms with Crippen LogP contribution in [0.5, 0.6) is 0 Å². The molecule has 2 aromatic heterocycles. The summed E-state index contributed by atoms with van der Waals surface area (Å²) in [5, 5.41) is 6.48. The van der Waals surface area contributed by atoms with Crippen LogP contribution in [0, 0.1) is 11.8 Å². The lowest BCUT2D eigenvalue weighted by molar-refractivity contribution is 0.0269. The SMILES string of the molecule is CNC(=O)c1cc(C(=O)N[C@H]2[C@@H]3CN(C(=O)OC(C)(C)C)C[C@@H]32)cn(Cc2cccc3[nH]ccc23)c1=O. The average molecular weight is 506 g/mol. The van der Waals surface area contributed by atoms with E-state index in [0.717, 1.165) is 16.5 Å². The second-order valence-corrected chi connectivity index (χ2v) is 10.7. The number of rotatable bonds is 5. The molecule has 3 aromatic rings. The number of hydrogen-bond donors (Lipinski definition) is 3. The number of aromatic nitrogens is 2. The van der Waals surface area contributed by atoms with Gasteiger partial charge >= 0.3 is 6.09 Å². The van der Waals surface area contributed by atoms with Crippen molar-refractivity contribution < 1.29 is 19.1 Å². The number of nitrogens with one attached hydrogen (secondary N) is 3. The molecule has 37 heavy (non-hydrogen) atoms. The monoisotopic (exact) mass is 505 g/mol. The molecule has 1 saturated carbocycles. The van der Waals surface area contributed by atoms with Crippen molar-refractivity contribution in [2.75, 3.05) is 20.1 Å². The molecule has 3 atom stereocenters. The lowest BCUT2D eigenvalue weighted by Gasteiger charge is -2.26. The number of fused-ring (bicyclic) bond motifs is 2.